The molecule has 1 aliphatic heterocycles. The summed E-state index contributed by atoms with van der Waals surface area (Å²) in [4.78, 5) is 39.7. The van der Waals surface area contributed by atoms with Crippen LogP contribution < -0.4 is 19.7 Å². The van der Waals surface area contributed by atoms with Gasteiger partial charge in [-0.15, -0.1) is 0 Å². The van der Waals surface area contributed by atoms with Crippen LogP contribution in [0.3, 0.4) is 0 Å². The smallest absolute Gasteiger partial charge is 0.335 e. The summed E-state index contributed by atoms with van der Waals surface area (Å²) in [6, 6.07) is 23.2. The molecule has 0 atom stereocenters. The molecule has 0 radical (unpaired) electrons. The van der Waals surface area contributed by atoms with Crippen LogP contribution in [-0.2, 0) is 22.8 Å². The van der Waals surface area contributed by atoms with E-state index in [1.54, 1.807) is 42.5 Å². The summed E-state index contributed by atoms with van der Waals surface area (Å²) in [7, 11) is 0. The molecule has 1 fully saturated rings. The second-order valence-electron chi connectivity index (χ2n) is 8.93. The van der Waals surface area contributed by atoms with Crippen LogP contribution >= 0.6 is 23.2 Å². The predicted octanol–water partition coefficient (Wildman–Crippen LogP) is 6.96. The van der Waals surface area contributed by atoms with Gasteiger partial charge in [-0.1, -0.05) is 53.5 Å². The topological polar surface area (TPSA) is 84.9 Å². The zero-order valence-corrected chi connectivity index (χ0v) is 22.8. The molecule has 0 aliphatic carbocycles. The molecule has 0 bridgehead atoms. The summed E-state index contributed by atoms with van der Waals surface area (Å²) in [5.41, 5.74) is 1.80. The Labute approximate surface area is 244 Å². The van der Waals surface area contributed by atoms with Crippen LogP contribution in [0, 0.1) is 5.82 Å². The number of nitrogens with zero attached hydrogens (tertiary/aromatic N) is 1. The van der Waals surface area contributed by atoms with Gasteiger partial charge in [0, 0.05) is 21.2 Å². The van der Waals surface area contributed by atoms with Crippen molar-refractivity contribution in [1.82, 2.24) is 5.32 Å². The lowest BCUT2D eigenvalue weighted by atomic mass is 10.1. The van der Waals surface area contributed by atoms with Crippen LogP contribution in [0.1, 0.15) is 16.7 Å². The van der Waals surface area contributed by atoms with Crippen molar-refractivity contribution in [3.05, 3.63) is 129 Å². The fourth-order valence-corrected chi connectivity index (χ4v) is 4.39. The molecule has 0 saturated carbocycles. The van der Waals surface area contributed by atoms with Crippen molar-refractivity contribution in [2.45, 2.75) is 13.2 Å². The summed E-state index contributed by atoms with van der Waals surface area (Å²) in [6.07, 6.45) is 1.31. The Hall–Kier alpha value is -4.66. The molecule has 4 aromatic rings. The standard InChI is InChI=1S/C31H21Cl2FN2O5/c32-22-7-14-28(41-17-19-5-8-23(34)9-6-19)21(15-22)16-26-29(37)35-31(39)36(30(26)38)24-10-12-25(13-11-24)40-18-20-3-1-2-4-27(20)33/h1-16H,17-18H2,(H,35,37,39)/b26-16+. The van der Waals surface area contributed by atoms with Crippen LogP contribution in [0.25, 0.3) is 6.08 Å². The largest absolute Gasteiger partial charge is 0.489 e. The fraction of sp³-hybridized carbons (Fsp3) is 0.0645. The number of barbiturate groups is 1. The number of hydrogen-bond acceptors (Lipinski definition) is 5. The Bertz CT molecular complexity index is 1660. The molecule has 10 heteroatoms. The third-order valence-corrected chi connectivity index (χ3v) is 6.73. The molecule has 206 valence electrons. The highest BCUT2D eigenvalue weighted by molar-refractivity contribution is 6.39. The number of hydrogen-bond donors (Lipinski definition) is 1. The summed E-state index contributed by atoms with van der Waals surface area (Å²) in [6.45, 7) is 0.336. The Balaban J connectivity index is 1.36. The Morgan fingerprint density at radius 2 is 1.56 bits per heavy atom. The predicted molar refractivity (Wildman–Crippen MR) is 153 cm³/mol. The van der Waals surface area contributed by atoms with Crippen molar-refractivity contribution in [2.75, 3.05) is 4.90 Å². The average molecular weight is 591 g/mol. The van der Waals surface area contributed by atoms with Gasteiger partial charge in [0.15, 0.2) is 0 Å². The third-order valence-electron chi connectivity index (χ3n) is 6.13. The van der Waals surface area contributed by atoms with E-state index in [2.05, 4.69) is 5.32 Å². The molecular weight excluding hydrogens is 570 g/mol. The maximum Gasteiger partial charge on any atom is 0.335 e. The minimum atomic E-state index is -0.888. The van der Waals surface area contributed by atoms with Gasteiger partial charge in [0.1, 0.15) is 36.1 Å². The summed E-state index contributed by atoms with van der Waals surface area (Å²) < 4.78 is 24.9. The number of benzene rings is 4. The number of anilines is 1. The lowest BCUT2D eigenvalue weighted by Crippen LogP contribution is -2.54. The van der Waals surface area contributed by atoms with Crippen molar-refractivity contribution in [2.24, 2.45) is 0 Å². The number of urea groups is 1. The molecule has 7 nitrogen and oxygen atoms in total. The summed E-state index contributed by atoms with van der Waals surface area (Å²) >= 11 is 12.4. The molecule has 0 spiro atoms. The van der Waals surface area contributed by atoms with Crippen LogP contribution in [0.4, 0.5) is 14.9 Å². The van der Waals surface area contributed by atoms with Crippen LogP contribution in [-0.4, -0.2) is 17.8 Å². The van der Waals surface area contributed by atoms with E-state index >= 15 is 0 Å². The Kier molecular flexibility index (Phi) is 8.33. The molecule has 0 aromatic heterocycles. The van der Waals surface area contributed by atoms with Crippen LogP contribution in [0.15, 0.2) is 96.6 Å². The van der Waals surface area contributed by atoms with Gasteiger partial charge in [0.05, 0.1) is 5.69 Å². The van der Waals surface area contributed by atoms with Gasteiger partial charge in [0.25, 0.3) is 11.8 Å². The summed E-state index contributed by atoms with van der Waals surface area (Å²) in [5.74, 6) is -1.23. The minimum absolute atomic E-state index is 0.105. The van der Waals surface area contributed by atoms with Crippen LogP contribution in [0.5, 0.6) is 11.5 Å². The number of halogens is 3. The van der Waals surface area contributed by atoms with E-state index in [4.69, 9.17) is 32.7 Å². The Morgan fingerprint density at radius 1 is 0.829 bits per heavy atom. The first-order valence-corrected chi connectivity index (χ1v) is 13.1. The number of imide groups is 2. The second-order valence-corrected chi connectivity index (χ2v) is 9.77. The van der Waals surface area contributed by atoms with Gasteiger partial charge in [-0.3, -0.25) is 14.9 Å². The second kappa shape index (κ2) is 12.2. The molecule has 5 rings (SSSR count). The first-order valence-electron chi connectivity index (χ1n) is 12.3. The van der Waals surface area contributed by atoms with E-state index in [-0.39, 0.29) is 30.3 Å². The lowest BCUT2D eigenvalue weighted by Gasteiger charge is -2.26. The van der Waals surface area contributed by atoms with Gasteiger partial charge in [0.2, 0.25) is 0 Å². The van der Waals surface area contributed by atoms with Gasteiger partial charge >= 0.3 is 6.03 Å². The molecule has 0 unspecified atom stereocenters. The van der Waals surface area contributed by atoms with Crippen LogP contribution in [0.2, 0.25) is 10.0 Å². The Morgan fingerprint density at radius 3 is 2.29 bits per heavy atom. The average Bonchev–Trinajstić information content (AvgIpc) is 2.96. The highest BCUT2D eigenvalue weighted by Gasteiger charge is 2.37. The van der Waals surface area contributed by atoms with Gasteiger partial charge in [-0.2, -0.15) is 0 Å². The molecule has 1 saturated heterocycles. The lowest BCUT2D eigenvalue weighted by molar-refractivity contribution is -0.122. The number of rotatable bonds is 8. The first-order chi connectivity index (χ1) is 19.8. The molecule has 4 amide bonds. The number of ether oxygens (including phenoxy) is 2. The number of amides is 4. The highest BCUT2D eigenvalue weighted by Crippen LogP contribution is 2.29. The maximum absolute atomic E-state index is 13.4. The van der Waals surface area contributed by atoms with Crippen molar-refractivity contribution in [3.8, 4) is 11.5 Å². The maximum atomic E-state index is 13.4. The van der Waals surface area contributed by atoms with Crippen molar-refractivity contribution in [3.63, 3.8) is 0 Å². The van der Waals surface area contributed by atoms with Gasteiger partial charge < -0.3 is 9.47 Å². The number of carbonyl (C=O) groups excluding carboxylic acids is 3. The quantitative estimate of drug-likeness (QED) is 0.177. The normalized spacial score (nSPS) is 14.3. The molecule has 1 heterocycles. The number of nitrogens with one attached hydrogen (secondary N) is 1. The van der Waals surface area contributed by atoms with E-state index in [0.717, 1.165) is 10.5 Å². The van der Waals surface area contributed by atoms with Crippen molar-refractivity contribution >= 4 is 52.8 Å². The van der Waals surface area contributed by atoms with Gasteiger partial charge in [-0.25, -0.2) is 14.1 Å². The first kappa shape index (κ1) is 27.9. The van der Waals surface area contributed by atoms with E-state index in [0.29, 0.717) is 32.7 Å². The third kappa shape index (κ3) is 6.57. The minimum Gasteiger partial charge on any atom is -0.489 e. The van der Waals surface area contributed by atoms with Gasteiger partial charge in [-0.05, 0) is 72.3 Å². The molecular formula is C31H21Cl2FN2O5. The van der Waals surface area contributed by atoms with E-state index in [1.165, 1.54) is 36.4 Å². The molecule has 4 aromatic carbocycles. The van der Waals surface area contributed by atoms with Crippen molar-refractivity contribution < 1.29 is 28.2 Å². The highest BCUT2D eigenvalue weighted by atomic mass is 35.5. The van der Waals surface area contributed by atoms with Crippen molar-refractivity contribution in [1.29, 1.82) is 0 Å². The zero-order valence-electron chi connectivity index (χ0n) is 21.3. The molecule has 41 heavy (non-hydrogen) atoms. The SMILES string of the molecule is O=C1NC(=O)N(c2ccc(OCc3ccccc3Cl)cc2)C(=O)/C1=C/c1cc(Cl)ccc1OCc1ccc(F)cc1. The fourth-order valence-electron chi connectivity index (χ4n) is 4.02. The monoisotopic (exact) mass is 590 g/mol. The van der Waals surface area contributed by atoms with E-state index in [1.807, 2.05) is 18.2 Å². The summed E-state index contributed by atoms with van der Waals surface area (Å²) in [5, 5.41) is 3.12. The van der Waals surface area contributed by atoms with E-state index in [9.17, 15) is 18.8 Å². The molecule has 1 aliphatic rings. The zero-order chi connectivity index (χ0) is 28.9. The number of carbonyl (C=O) groups is 3. The molecule has 1 N–H and O–H groups in total. The van der Waals surface area contributed by atoms with E-state index < -0.39 is 17.8 Å².